The highest BCUT2D eigenvalue weighted by atomic mass is 32.2. The van der Waals surface area contributed by atoms with E-state index in [9.17, 15) is 4.79 Å². The second-order valence-corrected chi connectivity index (χ2v) is 9.43. The number of aryl methyl sites for hydroxylation is 1. The summed E-state index contributed by atoms with van der Waals surface area (Å²) in [5.41, 5.74) is 1.90. The summed E-state index contributed by atoms with van der Waals surface area (Å²) in [6.07, 6.45) is 2.14. The van der Waals surface area contributed by atoms with Crippen LogP contribution in [-0.4, -0.2) is 22.3 Å². The molecule has 0 aliphatic carbocycles. The smallest absolute Gasteiger partial charge is 0.254 e. The molecule has 3 heterocycles. The minimum atomic E-state index is 0.146. The third-order valence-electron chi connectivity index (χ3n) is 4.54. The first kappa shape index (κ1) is 17.8. The molecule has 1 aromatic carbocycles. The van der Waals surface area contributed by atoms with Crippen LogP contribution in [0.2, 0.25) is 0 Å². The van der Waals surface area contributed by atoms with Crippen LogP contribution >= 0.6 is 34.4 Å². The van der Waals surface area contributed by atoms with E-state index >= 15 is 0 Å². The summed E-state index contributed by atoms with van der Waals surface area (Å²) >= 11 is 5.19. The number of thiophene rings is 1. The van der Waals surface area contributed by atoms with E-state index in [2.05, 4.69) is 27.9 Å². The van der Waals surface area contributed by atoms with E-state index in [0.29, 0.717) is 0 Å². The van der Waals surface area contributed by atoms with Crippen LogP contribution in [0.4, 0.5) is 0 Å². The third-order valence-corrected chi connectivity index (χ3v) is 7.38. The Bertz CT molecular complexity index is 871. The van der Waals surface area contributed by atoms with E-state index in [-0.39, 0.29) is 11.9 Å². The number of thioether (sulfide) groups is 1. The van der Waals surface area contributed by atoms with Crippen molar-refractivity contribution in [3.05, 3.63) is 68.3 Å². The fourth-order valence-corrected chi connectivity index (χ4v) is 5.66. The molecular weight excluding hydrogens is 380 g/mol. The first-order valence-corrected chi connectivity index (χ1v) is 11.4. The van der Waals surface area contributed by atoms with Gasteiger partial charge in [-0.05, 0) is 55.5 Å². The van der Waals surface area contributed by atoms with Gasteiger partial charge in [-0.15, -0.1) is 34.4 Å². The second kappa shape index (κ2) is 7.94. The Morgan fingerprint density at radius 2 is 2.12 bits per heavy atom. The maximum absolute atomic E-state index is 13.0. The molecule has 134 valence electrons. The van der Waals surface area contributed by atoms with Crippen LogP contribution in [0, 0.1) is 6.92 Å². The fraction of sp³-hybridized carbons (Fsp3) is 0.300. The van der Waals surface area contributed by atoms with Crippen molar-refractivity contribution in [2.75, 3.05) is 6.54 Å². The van der Waals surface area contributed by atoms with Crippen LogP contribution in [0.1, 0.15) is 44.8 Å². The van der Waals surface area contributed by atoms with Crippen LogP contribution in [0.3, 0.4) is 0 Å². The minimum absolute atomic E-state index is 0.146. The number of amides is 1. The number of thiazole rings is 1. The van der Waals surface area contributed by atoms with Gasteiger partial charge < -0.3 is 4.90 Å². The van der Waals surface area contributed by atoms with Crippen molar-refractivity contribution >= 4 is 40.3 Å². The van der Waals surface area contributed by atoms with Crippen molar-refractivity contribution in [2.24, 2.45) is 0 Å². The molecule has 1 saturated heterocycles. The predicted molar refractivity (Wildman–Crippen MR) is 110 cm³/mol. The van der Waals surface area contributed by atoms with Gasteiger partial charge in [0.15, 0.2) is 0 Å². The van der Waals surface area contributed by atoms with Crippen LogP contribution < -0.4 is 0 Å². The lowest BCUT2D eigenvalue weighted by Gasteiger charge is -2.24. The monoisotopic (exact) mass is 400 g/mol. The molecule has 0 spiro atoms. The van der Waals surface area contributed by atoms with Crippen molar-refractivity contribution in [3.8, 4) is 0 Å². The molecule has 4 rings (SSSR count). The Morgan fingerprint density at radius 3 is 2.81 bits per heavy atom. The second-order valence-electron chi connectivity index (χ2n) is 6.34. The highest BCUT2D eigenvalue weighted by Gasteiger charge is 2.31. The maximum Gasteiger partial charge on any atom is 0.254 e. The average Bonchev–Trinajstić information content (AvgIpc) is 3.40. The first-order valence-electron chi connectivity index (χ1n) is 8.69. The zero-order chi connectivity index (χ0) is 17.9. The summed E-state index contributed by atoms with van der Waals surface area (Å²) < 4.78 is 0. The molecule has 1 unspecified atom stereocenters. The fourth-order valence-electron chi connectivity index (χ4n) is 3.28. The van der Waals surface area contributed by atoms with Crippen molar-refractivity contribution in [1.29, 1.82) is 0 Å². The van der Waals surface area contributed by atoms with Gasteiger partial charge in [-0.3, -0.25) is 4.79 Å². The first-order chi connectivity index (χ1) is 12.7. The van der Waals surface area contributed by atoms with Crippen molar-refractivity contribution in [2.45, 2.75) is 36.5 Å². The predicted octanol–water partition coefficient (Wildman–Crippen LogP) is 5.78. The van der Waals surface area contributed by atoms with Gasteiger partial charge in [0.05, 0.1) is 16.7 Å². The molecule has 3 nitrogen and oxygen atoms in total. The summed E-state index contributed by atoms with van der Waals surface area (Å²) in [6.45, 7) is 2.88. The van der Waals surface area contributed by atoms with Gasteiger partial charge in [0.1, 0.15) is 0 Å². The van der Waals surface area contributed by atoms with Gasteiger partial charge >= 0.3 is 0 Å². The third kappa shape index (κ3) is 3.87. The Hall–Kier alpha value is -1.63. The SMILES string of the molecule is Cc1nc(CSc2ccc(C(=O)N3CCCC3c3cccs3)cc2)cs1. The molecule has 0 radical (unpaired) electrons. The molecule has 0 N–H and O–H groups in total. The highest BCUT2D eigenvalue weighted by Crippen LogP contribution is 2.35. The molecule has 1 aliphatic heterocycles. The van der Waals surface area contributed by atoms with Gasteiger partial charge in [0.2, 0.25) is 0 Å². The lowest BCUT2D eigenvalue weighted by molar-refractivity contribution is 0.0738. The van der Waals surface area contributed by atoms with Crippen molar-refractivity contribution < 1.29 is 4.79 Å². The summed E-state index contributed by atoms with van der Waals surface area (Å²) in [4.78, 5) is 22.0. The molecule has 26 heavy (non-hydrogen) atoms. The molecule has 3 aromatic rings. The van der Waals surface area contributed by atoms with Gasteiger partial charge in [-0.2, -0.15) is 0 Å². The Kier molecular flexibility index (Phi) is 5.43. The molecule has 2 aromatic heterocycles. The normalized spacial score (nSPS) is 17.0. The molecule has 1 fully saturated rings. The Morgan fingerprint density at radius 1 is 1.27 bits per heavy atom. The topological polar surface area (TPSA) is 33.2 Å². The number of nitrogens with zero attached hydrogens (tertiary/aromatic N) is 2. The van der Waals surface area contributed by atoms with E-state index in [1.165, 1.54) is 9.77 Å². The molecule has 1 amide bonds. The Labute approximate surface area is 166 Å². The van der Waals surface area contributed by atoms with Crippen LogP contribution in [0.5, 0.6) is 0 Å². The number of carbonyl (C=O) groups excluding carboxylic acids is 1. The molecule has 0 bridgehead atoms. The number of benzene rings is 1. The number of aromatic nitrogens is 1. The van der Waals surface area contributed by atoms with Crippen LogP contribution in [0.15, 0.2) is 52.1 Å². The zero-order valence-corrected chi connectivity index (χ0v) is 17.0. The van der Waals surface area contributed by atoms with Gasteiger partial charge in [0.25, 0.3) is 5.91 Å². The average molecular weight is 401 g/mol. The summed E-state index contributed by atoms with van der Waals surface area (Å²) in [5, 5.41) is 5.30. The number of likely N-dealkylation sites (tertiary alicyclic amines) is 1. The largest absolute Gasteiger partial charge is 0.331 e. The standard InChI is InChI=1S/C20H20N2OS3/c1-14-21-16(12-25-14)13-26-17-8-6-15(7-9-17)20(23)22-10-2-4-18(22)19-5-3-11-24-19/h3,5-9,11-12,18H,2,4,10,13H2,1H3. The lowest BCUT2D eigenvalue weighted by Crippen LogP contribution is -2.30. The molecule has 0 saturated carbocycles. The molecule has 1 atom stereocenters. The number of hydrogen-bond donors (Lipinski definition) is 0. The van der Waals surface area contributed by atoms with E-state index in [4.69, 9.17) is 0 Å². The minimum Gasteiger partial charge on any atom is -0.331 e. The van der Waals surface area contributed by atoms with Crippen molar-refractivity contribution in [3.63, 3.8) is 0 Å². The molecular formula is C20H20N2OS3. The van der Waals surface area contributed by atoms with E-state index in [1.807, 2.05) is 36.1 Å². The number of hydrogen-bond acceptors (Lipinski definition) is 5. The summed E-state index contributed by atoms with van der Waals surface area (Å²) in [5.74, 6) is 1.01. The van der Waals surface area contributed by atoms with E-state index in [0.717, 1.165) is 41.4 Å². The Balaban J connectivity index is 1.42. The molecule has 1 aliphatic rings. The quantitative estimate of drug-likeness (QED) is 0.509. The van der Waals surface area contributed by atoms with Crippen LogP contribution in [0.25, 0.3) is 0 Å². The molecule has 6 heteroatoms. The van der Waals surface area contributed by atoms with Gasteiger partial charge in [-0.1, -0.05) is 6.07 Å². The number of carbonyl (C=O) groups is 1. The summed E-state index contributed by atoms with van der Waals surface area (Å²) in [6, 6.07) is 12.5. The summed E-state index contributed by atoms with van der Waals surface area (Å²) in [7, 11) is 0. The van der Waals surface area contributed by atoms with E-state index < -0.39 is 0 Å². The number of rotatable bonds is 5. The highest BCUT2D eigenvalue weighted by molar-refractivity contribution is 7.98. The van der Waals surface area contributed by atoms with Gasteiger partial charge in [-0.25, -0.2) is 4.98 Å². The maximum atomic E-state index is 13.0. The van der Waals surface area contributed by atoms with E-state index in [1.54, 1.807) is 34.4 Å². The van der Waals surface area contributed by atoms with Gasteiger partial charge in [0, 0.05) is 33.0 Å². The van der Waals surface area contributed by atoms with Crippen molar-refractivity contribution in [1.82, 2.24) is 9.88 Å². The zero-order valence-electron chi connectivity index (χ0n) is 14.6. The lowest BCUT2D eigenvalue weighted by atomic mass is 10.1. The van der Waals surface area contributed by atoms with Crippen LogP contribution in [-0.2, 0) is 5.75 Å².